The Labute approximate surface area is 173 Å². The predicted molar refractivity (Wildman–Crippen MR) is 110 cm³/mol. The van der Waals surface area contributed by atoms with Crippen molar-refractivity contribution in [2.75, 3.05) is 0 Å². The highest BCUT2D eigenvalue weighted by Crippen LogP contribution is 2.27. The normalized spacial score (nSPS) is 18.4. The van der Waals surface area contributed by atoms with Crippen LogP contribution in [0.25, 0.3) is 5.69 Å². The number of imide groups is 1. The van der Waals surface area contributed by atoms with Crippen molar-refractivity contribution in [1.82, 2.24) is 25.5 Å². The number of nitrogens with one attached hydrogen (secondary N) is 2. The van der Waals surface area contributed by atoms with Gasteiger partial charge in [-0.3, -0.25) is 15.0 Å². The monoisotopic (exact) mass is 403 g/mol. The SMILES string of the molecule is Cc1cc(C)n(-c2ccc(C(=O)NN3C(=O)N[C@](C)(c4ccccc4)C3=O)cc2)n1. The molecule has 0 saturated carbocycles. The van der Waals surface area contributed by atoms with Crippen molar-refractivity contribution in [1.29, 1.82) is 0 Å². The molecule has 0 aliphatic carbocycles. The molecule has 152 valence electrons. The van der Waals surface area contributed by atoms with Gasteiger partial charge in [0, 0.05) is 11.3 Å². The van der Waals surface area contributed by atoms with Crippen LogP contribution in [0.4, 0.5) is 4.79 Å². The molecule has 0 unspecified atom stereocenters. The van der Waals surface area contributed by atoms with Crippen LogP contribution in [0.5, 0.6) is 0 Å². The van der Waals surface area contributed by atoms with E-state index < -0.39 is 23.4 Å². The minimum absolute atomic E-state index is 0.314. The molecule has 0 radical (unpaired) electrons. The molecule has 0 bridgehead atoms. The predicted octanol–water partition coefficient (Wildman–Crippen LogP) is 2.60. The smallest absolute Gasteiger partial charge is 0.318 e. The zero-order valence-corrected chi connectivity index (χ0v) is 16.8. The number of nitrogens with zero attached hydrogens (tertiary/aromatic N) is 3. The van der Waals surface area contributed by atoms with Crippen LogP contribution >= 0.6 is 0 Å². The molecule has 4 amide bonds. The molecule has 8 heteroatoms. The van der Waals surface area contributed by atoms with Crippen LogP contribution in [0.15, 0.2) is 60.7 Å². The third kappa shape index (κ3) is 3.22. The Morgan fingerprint density at radius 1 is 1.03 bits per heavy atom. The van der Waals surface area contributed by atoms with E-state index in [2.05, 4.69) is 15.8 Å². The van der Waals surface area contributed by atoms with Gasteiger partial charge < -0.3 is 5.32 Å². The lowest BCUT2D eigenvalue weighted by Crippen LogP contribution is -2.47. The summed E-state index contributed by atoms with van der Waals surface area (Å²) in [6.07, 6.45) is 0. The van der Waals surface area contributed by atoms with Crippen molar-refractivity contribution in [3.63, 3.8) is 0 Å². The van der Waals surface area contributed by atoms with Gasteiger partial charge in [-0.2, -0.15) is 10.1 Å². The first-order chi connectivity index (χ1) is 14.3. The van der Waals surface area contributed by atoms with Crippen LogP contribution in [-0.4, -0.2) is 32.6 Å². The zero-order chi connectivity index (χ0) is 21.5. The first kappa shape index (κ1) is 19.4. The summed E-state index contributed by atoms with van der Waals surface area (Å²) < 4.78 is 1.78. The first-order valence-electron chi connectivity index (χ1n) is 9.46. The summed E-state index contributed by atoms with van der Waals surface area (Å²) >= 11 is 0. The maximum Gasteiger partial charge on any atom is 0.344 e. The molecule has 2 N–H and O–H groups in total. The van der Waals surface area contributed by atoms with E-state index in [1.165, 1.54) is 0 Å². The molecule has 1 saturated heterocycles. The summed E-state index contributed by atoms with van der Waals surface area (Å²) in [6.45, 7) is 5.46. The maximum atomic E-state index is 12.9. The average molecular weight is 403 g/mol. The van der Waals surface area contributed by atoms with Crippen LogP contribution in [0, 0.1) is 13.8 Å². The highest BCUT2D eigenvalue weighted by Gasteiger charge is 2.50. The Bertz CT molecular complexity index is 1140. The highest BCUT2D eigenvalue weighted by molar-refractivity contribution is 6.09. The fourth-order valence-electron chi connectivity index (χ4n) is 3.52. The summed E-state index contributed by atoms with van der Waals surface area (Å²) in [4.78, 5) is 37.9. The number of hydrazine groups is 1. The van der Waals surface area contributed by atoms with Crippen molar-refractivity contribution < 1.29 is 14.4 Å². The van der Waals surface area contributed by atoms with Gasteiger partial charge in [0.25, 0.3) is 11.8 Å². The van der Waals surface area contributed by atoms with Crippen LogP contribution < -0.4 is 10.7 Å². The number of aryl methyl sites for hydroxylation is 2. The Hall–Kier alpha value is -3.94. The largest absolute Gasteiger partial charge is 0.344 e. The topological polar surface area (TPSA) is 96.3 Å². The molecule has 3 aromatic rings. The highest BCUT2D eigenvalue weighted by atomic mass is 16.2. The standard InChI is InChI=1S/C22H21N5O3/c1-14-13-15(2)26(24-14)18-11-9-16(10-12-18)19(28)25-27-20(29)22(3,23-21(27)30)17-7-5-4-6-8-17/h4-13H,1-3H3,(H,23,30)(H,25,28)/t22-/m1/s1. The molecule has 2 heterocycles. The van der Waals surface area contributed by atoms with Gasteiger partial charge in [-0.05, 0) is 56.7 Å². The van der Waals surface area contributed by atoms with E-state index in [9.17, 15) is 14.4 Å². The Morgan fingerprint density at radius 3 is 2.30 bits per heavy atom. The van der Waals surface area contributed by atoms with Gasteiger partial charge in [0.05, 0.1) is 11.4 Å². The lowest BCUT2D eigenvalue weighted by Gasteiger charge is -2.22. The number of rotatable bonds is 4. The molecule has 8 nitrogen and oxygen atoms in total. The number of amides is 4. The number of hydrogen-bond donors (Lipinski definition) is 2. The molecular weight excluding hydrogens is 382 g/mol. The Balaban J connectivity index is 1.52. The van der Waals surface area contributed by atoms with Gasteiger partial charge in [0.1, 0.15) is 5.54 Å². The Kier molecular flexibility index (Phi) is 4.62. The fraction of sp³-hybridized carbons (Fsp3) is 0.182. The quantitative estimate of drug-likeness (QED) is 0.655. The van der Waals surface area contributed by atoms with Crippen LogP contribution in [0.3, 0.4) is 0 Å². The van der Waals surface area contributed by atoms with E-state index in [-0.39, 0.29) is 0 Å². The van der Waals surface area contributed by atoms with Crippen LogP contribution in [0.1, 0.15) is 34.2 Å². The van der Waals surface area contributed by atoms with Crippen molar-refractivity contribution in [3.8, 4) is 5.69 Å². The second kappa shape index (κ2) is 7.14. The minimum atomic E-state index is -1.25. The summed E-state index contributed by atoms with van der Waals surface area (Å²) in [5, 5.41) is 7.79. The molecular formula is C22H21N5O3. The van der Waals surface area contributed by atoms with Gasteiger partial charge in [-0.1, -0.05) is 30.3 Å². The lowest BCUT2D eigenvalue weighted by atomic mass is 9.92. The number of benzene rings is 2. The molecule has 1 atom stereocenters. The molecule has 1 aromatic heterocycles. The summed E-state index contributed by atoms with van der Waals surface area (Å²) in [7, 11) is 0. The fourth-order valence-corrected chi connectivity index (χ4v) is 3.52. The van der Waals surface area contributed by atoms with Crippen molar-refractivity contribution in [2.24, 2.45) is 0 Å². The van der Waals surface area contributed by atoms with E-state index in [1.54, 1.807) is 60.1 Å². The zero-order valence-electron chi connectivity index (χ0n) is 16.8. The van der Waals surface area contributed by atoms with E-state index in [1.807, 2.05) is 26.0 Å². The number of urea groups is 1. The minimum Gasteiger partial charge on any atom is -0.318 e. The van der Waals surface area contributed by atoms with Gasteiger partial charge in [0.2, 0.25) is 0 Å². The molecule has 4 rings (SSSR count). The average Bonchev–Trinajstić information content (AvgIpc) is 3.19. The molecule has 2 aromatic carbocycles. The van der Waals surface area contributed by atoms with Crippen molar-refractivity contribution in [3.05, 3.63) is 83.2 Å². The van der Waals surface area contributed by atoms with E-state index in [0.29, 0.717) is 11.1 Å². The number of carbonyl (C=O) groups excluding carboxylic acids is 3. The molecule has 1 aliphatic heterocycles. The molecule has 1 aliphatic rings. The van der Waals surface area contributed by atoms with Gasteiger partial charge >= 0.3 is 6.03 Å². The number of hydrogen-bond acceptors (Lipinski definition) is 4. The Morgan fingerprint density at radius 2 is 1.70 bits per heavy atom. The first-order valence-corrected chi connectivity index (χ1v) is 9.46. The lowest BCUT2D eigenvalue weighted by molar-refractivity contribution is -0.132. The van der Waals surface area contributed by atoms with E-state index in [4.69, 9.17) is 0 Å². The molecule has 30 heavy (non-hydrogen) atoms. The molecule has 0 spiro atoms. The number of aromatic nitrogens is 2. The van der Waals surface area contributed by atoms with E-state index >= 15 is 0 Å². The molecule has 1 fully saturated rings. The van der Waals surface area contributed by atoms with Gasteiger partial charge in [-0.25, -0.2) is 9.48 Å². The number of carbonyl (C=O) groups is 3. The summed E-state index contributed by atoms with van der Waals surface area (Å²) in [5.74, 6) is -1.11. The van der Waals surface area contributed by atoms with Gasteiger partial charge in [0.15, 0.2) is 0 Å². The third-order valence-electron chi connectivity index (χ3n) is 5.14. The van der Waals surface area contributed by atoms with E-state index in [0.717, 1.165) is 22.1 Å². The van der Waals surface area contributed by atoms with Crippen LogP contribution in [0.2, 0.25) is 0 Å². The summed E-state index contributed by atoms with van der Waals surface area (Å²) in [6, 6.07) is 16.9. The van der Waals surface area contributed by atoms with Crippen LogP contribution in [-0.2, 0) is 10.3 Å². The second-order valence-electron chi connectivity index (χ2n) is 7.39. The third-order valence-corrected chi connectivity index (χ3v) is 5.14. The summed E-state index contributed by atoms with van der Waals surface area (Å²) in [5.41, 5.74) is 4.79. The maximum absolute atomic E-state index is 12.9. The van der Waals surface area contributed by atoms with Crippen molar-refractivity contribution >= 4 is 17.8 Å². The van der Waals surface area contributed by atoms with Gasteiger partial charge in [-0.15, -0.1) is 0 Å². The second-order valence-corrected chi connectivity index (χ2v) is 7.39. The van der Waals surface area contributed by atoms with Crippen molar-refractivity contribution in [2.45, 2.75) is 26.3 Å².